The molecule has 0 aromatic heterocycles. The van der Waals surface area contributed by atoms with E-state index in [1.54, 1.807) is 0 Å². The molecule has 0 bridgehead atoms. The van der Waals surface area contributed by atoms with Gasteiger partial charge in [-0.15, -0.1) is 0 Å². The van der Waals surface area contributed by atoms with Crippen LogP contribution in [0.15, 0.2) is 48.5 Å². The van der Waals surface area contributed by atoms with Crippen molar-refractivity contribution in [1.82, 2.24) is 10.2 Å². The zero-order valence-electron chi connectivity index (χ0n) is 22.1. The van der Waals surface area contributed by atoms with Gasteiger partial charge in [-0.25, -0.2) is 4.39 Å². The van der Waals surface area contributed by atoms with Crippen LogP contribution in [0.5, 0.6) is 0 Å². The summed E-state index contributed by atoms with van der Waals surface area (Å²) in [6, 6.07) is 11.4. The Hall–Kier alpha value is -2.67. The Morgan fingerprint density at radius 1 is 1.11 bits per heavy atom. The van der Waals surface area contributed by atoms with Crippen LogP contribution >= 0.6 is 0 Å². The van der Waals surface area contributed by atoms with Crippen LogP contribution in [0, 0.1) is 17.2 Å². The van der Waals surface area contributed by atoms with Gasteiger partial charge in [-0.3, -0.25) is 4.79 Å². The van der Waals surface area contributed by atoms with Crippen LogP contribution in [0.25, 0.3) is 6.08 Å². The number of piperidine rings is 1. The summed E-state index contributed by atoms with van der Waals surface area (Å²) in [7, 11) is 0. The molecule has 3 aliphatic rings. The van der Waals surface area contributed by atoms with Crippen molar-refractivity contribution in [1.29, 1.82) is 0 Å². The lowest BCUT2D eigenvalue weighted by atomic mass is 9.74. The molecule has 3 nitrogen and oxygen atoms in total. The molecule has 204 valence electrons. The van der Waals surface area contributed by atoms with Crippen molar-refractivity contribution in [2.75, 3.05) is 13.1 Å². The number of rotatable bonds is 6. The monoisotopic (exact) mass is 528 g/mol. The largest absolute Gasteiger partial charge is 0.416 e. The van der Waals surface area contributed by atoms with Gasteiger partial charge < -0.3 is 10.2 Å². The summed E-state index contributed by atoms with van der Waals surface area (Å²) in [4.78, 5) is 16.1. The van der Waals surface area contributed by atoms with Crippen molar-refractivity contribution >= 4 is 12.0 Å². The van der Waals surface area contributed by atoms with E-state index in [1.807, 2.05) is 0 Å². The Morgan fingerprint density at radius 2 is 1.84 bits per heavy atom. The molecule has 5 rings (SSSR count). The number of hydrogen-bond acceptors (Lipinski definition) is 2. The van der Waals surface area contributed by atoms with Gasteiger partial charge in [0, 0.05) is 18.0 Å². The lowest BCUT2D eigenvalue weighted by Gasteiger charge is -2.42. The van der Waals surface area contributed by atoms with E-state index in [0.717, 1.165) is 63.7 Å². The maximum Gasteiger partial charge on any atom is 0.416 e. The van der Waals surface area contributed by atoms with Crippen LogP contribution < -0.4 is 5.32 Å². The number of carbonyl (C=O) groups is 1. The molecule has 2 aromatic carbocycles. The quantitative estimate of drug-likeness (QED) is 0.406. The number of nitrogens with one attached hydrogen (secondary N) is 1. The van der Waals surface area contributed by atoms with Crippen molar-refractivity contribution in [3.63, 3.8) is 0 Å². The van der Waals surface area contributed by atoms with E-state index in [9.17, 15) is 22.4 Å². The fourth-order valence-corrected chi connectivity index (χ4v) is 7.12. The summed E-state index contributed by atoms with van der Waals surface area (Å²) < 4.78 is 53.2. The zero-order chi connectivity index (χ0) is 27.1. The summed E-state index contributed by atoms with van der Waals surface area (Å²) in [6.45, 7) is 6.03. The van der Waals surface area contributed by atoms with Gasteiger partial charge in [-0.2, -0.15) is 13.2 Å². The summed E-state index contributed by atoms with van der Waals surface area (Å²) in [6.07, 6.45) is 5.24. The molecule has 2 atom stereocenters. The van der Waals surface area contributed by atoms with Crippen molar-refractivity contribution < 1.29 is 22.4 Å². The van der Waals surface area contributed by atoms with Gasteiger partial charge in [-0.1, -0.05) is 50.3 Å². The number of carbonyl (C=O) groups excluding carboxylic acids is 1. The highest BCUT2D eigenvalue weighted by Gasteiger charge is 2.48. The second kappa shape index (κ2) is 10.1. The van der Waals surface area contributed by atoms with Crippen molar-refractivity contribution in [2.45, 2.75) is 76.6 Å². The molecule has 7 heteroatoms. The van der Waals surface area contributed by atoms with Crippen molar-refractivity contribution in [3.8, 4) is 0 Å². The van der Waals surface area contributed by atoms with E-state index in [0.29, 0.717) is 18.0 Å². The molecule has 2 aromatic rings. The molecule has 1 amide bonds. The van der Waals surface area contributed by atoms with Gasteiger partial charge >= 0.3 is 6.18 Å². The molecule has 1 saturated heterocycles. The molecule has 1 saturated carbocycles. The van der Waals surface area contributed by atoms with Gasteiger partial charge in [0.2, 0.25) is 5.91 Å². The first-order chi connectivity index (χ1) is 18.0. The van der Waals surface area contributed by atoms with Crippen molar-refractivity contribution in [2.24, 2.45) is 11.3 Å². The number of fused-ring (bicyclic) bond motifs is 2. The molecule has 2 fully saturated rings. The molecule has 2 unspecified atom stereocenters. The van der Waals surface area contributed by atoms with Gasteiger partial charge in [0.25, 0.3) is 0 Å². The van der Waals surface area contributed by atoms with Crippen LogP contribution in [0.3, 0.4) is 0 Å². The molecule has 1 heterocycles. The zero-order valence-corrected chi connectivity index (χ0v) is 22.1. The molecule has 1 N–H and O–H groups in total. The molecular formula is C31H36F4N2O. The van der Waals surface area contributed by atoms with E-state index < -0.39 is 23.0 Å². The number of halogens is 4. The predicted octanol–water partition coefficient (Wildman–Crippen LogP) is 7.11. The third kappa shape index (κ3) is 5.27. The smallest absolute Gasteiger partial charge is 0.352 e. The van der Waals surface area contributed by atoms with E-state index in [-0.39, 0.29) is 23.4 Å². The average molecular weight is 529 g/mol. The third-order valence-corrected chi connectivity index (χ3v) is 8.89. The normalized spacial score (nSPS) is 24.8. The van der Waals surface area contributed by atoms with E-state index in [2.05, 4.69) is 60.5 Å². The lowest BCUT2D eigenvalue weighted by Crippen LogP contribution is -2.46. The maximum absolute atomic E-state index is 13.9. The Kier molecular flexibility index (Phi) is 7.18. The van der Waals surface area contributed by atoms with Gasteiger partial charge in [0.05, 0.1) is 11.0 Å². The first-order valence-electron chi connectivity index (χ1n) is 13.7. The second-order valence-electron chi connectivity index (χ2n) is 11.9. The molecular weight excluding hydrogens is 492 g/mol. The summed E-state index contributed by atoms with van der Waals surface area (Å²) in [5.41, 5.74) is 1.36. The Balaban J connectivity index is 1.25. The first kappa shape index (κ1) is 26.9. The predicted molar refractivity (Wildman–Crippen MR) is 141 cm³/mol. The lowest BCUT2D eigenvalue weighted by molar-refractivity contribution is -0.137. The third-order valence-electron chi connectivity index (χ3n) is 8.89. The average Bonchev–Trinajstić information content (AvgIpc) is 3.45. The Bertz CT molecular complexity index is 1210. The number of likely N-dealkylation sites (tertiary alicyclic amines) is 1. The Labute approximate surface area is 222 Å². The number of alkyl halides is 3. The number of amides is 1. The van der Waals surface area contributed by atoms with E-state index >= 15 is 0 Å². The molecule has 2 aliphatic carbocycles. The summed E-state index contributed by atoms with van der Waals surface area (Å²) in [5, 5.41) is 2.87. The van der Waals surface area contributed by atoms with E-state index in [4.69, 9.17) is 0 Å². The van der Waals surface area contributed by atoms with Crippen LogP contribution in [0.4, 0.5) is 17.6 Å². The first-order valence-corrected chi connectivity index (χ1v) is 13.7. The number of hydrogen-bond donors (Lipinski definition) is 1. The summed E-state index contributed by atoms with van der Waals surface area (Å²) in [5.74, 6) is -0.785. The minimum atomic E-state index is -4.64. The number of allylic oxidation sites excluding steroid dienone is 1. The highest BCUT2D eigenvalue weighted by molar-refractivity contribution is 5.83. The molecule has 1 spiro atoms. The van der Waals surface area contributed by atoms with Crippen molar-refractivity contribution in [3.05, 3.63) is 76.6 Å². The van der Waals surface area contributed by atoms with Crippen LogP contribution in [0.2, 0.25) is 0 Å². The fraction of sp³-hybridized carbons (Fsp3) is 0.516. The van der Waals surface area contributed by atoms with Crippen LogP contribution in [0.1, 0.15) is 74.6 Å². The summed E-state index contributed by atoms with van der Waals surface area (Å²) >= 11 is 0. The Morgan fingerprint density at radius 3 is 2.55 bits per heavy atom. The van der Waals surface area contributed by atoms with Gasteiger partial charge in [-0.05, 0) is 92.4 Å². The molecule has 0 radical (unpaired) electrons. The molecule has 1 aliphatic heterocycles. The standard InChI is InChI=1S/C31H36F4N2O/c1-21(2)18-30(28(38)36-20-22-15-24(31(33,34)35)17-25(32)16-22)10-8-26(19-30)37-13-11-29(12-14-37)9-7-23-5-3-4-6-27(23)29/h3-7,9,15-17,21,26H,8,10-14,18-20H2,1-2H3,(H,36,38). The molecule has 38 heavy (non-hydrogen) atoms. The second-order valence-corrected chi connectivity index (χ2v) is 11.9. The maximum atomic E-state index is 13.9. The number of benzene rings is 2. The highest BCUT2D eigenvalue weighted by Crippen LogP contribution is 2.48. The van der Waals surface area contributed by atoms with Gasteiger partial charge in [0.1, 0.15) is 5.82 Å². The van der Waals surface area contributed by atoms with Gasteiger partial charge in [0.15, 0.2) is 0 Å². The number of nitrogens with zero attached hydrogens (tertiary/aromatic N) is 1. The minimum absolute atomic E-state index is 0.109. The fourth-order valence-electron chi connectivity index (χ4n) is 7.12. The SMILES string of the molecule is CC(C)CC1(C(=O)NCc2cc(F)cc(C(F)(F)F)c2)CCC(N2CCC3(C=Cc4ccccc43)CC2)C1. The van der Waals surface area contributed by atoms with Crippen LogP contribution in [-0.4, -0.2) is 29.9 Å². The van der Waals surface area contributed by atoms with Crippen LogP contribution in [-0.2, 0) is 22.9 Å². The topological polar surface area (TPSA) is 32.3 Å². The van der Waals surface area contributed by atoms with E-state index in [1.165, 1.54) is 11.1 Å². The highest BCUT2D eigenvalue weighted by atomic mass is 19.4. The minimum Gasteiger partial charge on any atom is -0.352 e.